The Morgan fingerprint density at radius 3 is 2.53 bits per heavy atom. The highest BCUT2D eigenvalue weighted by Gasteiger charge is 2.38. The Kier molecular flexibility index (Phi) is 4.53. The summed E-state index contributed by atoms with van der Waals surface area (Å²) in [6.07, 6.45) is 2.87. The molecule has 1 saturated heterocycles. The van der Waals surface area contributed by atoms with Crippen molar-refractivity contribution in [2.45, 2.75) is 25.7 Å². The Bertz CT molecular complexity index is 1030. The van der Waals surface area contributed by atoms with Crippen LogP contribution in [0.3, 0.4) is 0 Å². The van der Waals surface area contributed by atoms with Gasteiger partial charge in [0.15, 0.2) is 0 Å². The van der Waals surface area contributed by atoms with Gasteiger partial charge in [0.25, 0.3) is 0 Å². The summed E-state index contributed by atoms with van der Waals surface area (Å²) in [6.45, 7) is 0.986. The van der Waals surface area contributed by atoms with E-state index in [4.69, 9.17) is 0 Å². The number of benzene rings is 2. The molecule has 0 bridgehead atoms. The molecule has 2 aliphatic heterocycles. The van der Waals surface area contributed by atoms with Gasteiger partial charge in [-0.15, -0.1) is 0 Å². The molecule has 1 saturated carbocycles. The van der Waals surface area contributed by atoms with E-state index in [0.29, 0.717) is 18.8 Å². The number of carbonyl (C=O) groups is 3. The van der Waals surface area contributed by atoms with E-state index >= 15 is 0 Å². The van der Waals surface area contributed by atoms with E-state index in [0.717, 1.165) is 36.2 Å². The first-order chi connectivity index (χ1) is 14.5. The van der Waals surface area contributed by atoms with Gasteiger partial charge in [0.1, 0.15) is 5.82 Å². The molecule has 2 aromatic carbocycles. The van der Waals surface area contributed by atoms with Crippen LogP contribution in [0.2, 0.25) is 0 Å². The highest BCUT2D eigenvalue weighted by Crippen LogP contribution is 2.38. The lowest BCUT2D eigenvalue weighted by Gasteiger charge is -2.20. The third-order valence-corrected chi connectivity index (χ3v) is 6.07. The van der Waals surface area contributed by atoms with Crippen molar-refractivity contribution in [2.75, 3.05) is 28.2 Å². The highest BCUT2D eigenvalue weighted by molar-refractivity contribution is 6.04. The first kappa shape index (κ1) is 18.8. The number of fused-ring (bicyclic) bond motifs is 1. The second kappa shape index (κ2) is 7.23. The third-order valence-electron chi connectivity index (χ3n) is 6.07. The van der Waals surface area contributed by atoms with Crippen molar-refractivity contribution in [1.29, 1.82) is 0 Å². The zero-order valence-electron chi connectivity index (χ0n) is 16.4. The minimum absolute atomic E-state index is 0.0990. The molecule has 0 radical (unpaired) electrons. The molecule has 0 spiro atoms. The number of nitrogens with one attached hydrogen (secondary N) is 1. The number of rotatable bonds is 4. The van der Waals surface area contributed by atoms with Crippen molar-refractivity contribution in [3.8, 4) is 0 Å². The first-order valence-electron chi connectivity index (χ1n) is 10.3. The predicted molar refractivity (Wildman–Crippen MR) is 111 cm³/mol. The van der Waals surface area contributed by atoms with Gasteiger partial charge >= 0.3 is 0 Å². The van der Waals surface area contributed by atoms with E-state index in [2.05, 4.69) is 5.32 Å². The SMILES string of the molecule is O=C(Nc1ccc(F)cc1)[C@@H]1CC(=O)N(c2ccc3c(c2)CCN3C(=O)C2CC2)C1. The van der Waals surface area contributed by atoms with Crippen molar-refractivity contribution in [2.24, 2.45) is 11.8 Å². The maximum absolute atomic E-state index is 13.0. The topological polar surface area (TPSA) is 69.7 Å². The minimum atomic E-state index is -0.469. The lowest BCUT2D eigenvalue weighted by Crippen LogP contribution is -2.30. The molecule has 3 amide bonds. The molecule has 154 valence electrons. The summed E-state index contributed by atoms with van der Waals surface area (Å²) < 4.78 is 13.0. The van der Waals surface area contributed by atoms with Crippen LogP contribution in [0.15, 0.2) is 42.5 Å². The quantitative estimate of drug-likeness (QED) is 0.847. The van der Waals surface area contributed by atoms with Gasteiger partial charge in [0, 0.05) is 42.5 Å². The third kappa shape index (κ3) is 3.44. The molecule has 30 heavy (non-hydrogen) atoms. The second-order valence-corrected chi connectivity index (χ2v) is 8.23. The number of hydrogen-bond acceptors (Lipinski definition) is 3. The van der Waals surface area contributed by atoms with Crippen LogP contribution in [0.4, 0.5) is 21.5 Å². The number of halogens is 1. The van der Waals surface area contributed by atoms with E-state index in [-0.39, 0.29) is 35.9 Å². The zero-order chi connectivity index (χ0) is 20.8. The van der Waals surface area contributed by atoms with Gasteiger partial charge in [-0.05, 0) is 67.3 Å². The van der Waals surface area contributed by atoms with Gasteiger partial charge in [-0.2, -0.15) is 0 Å². The number of amides is 3. The monoisotopic (exact) mass is 407 g/mol. The normalized spacial score (nSPS) is 20.4. The van der Waals surface area contributed by atoms with Crippen LogP contribution in [0, 0.1) is 17.7 Å². The zero-order valence-corrected chi connectivity index (χ0v) is 16.4. The Morgan fingerprint density at radius 2 is 1.80 bits per heavy atom. The fraction of sp³-hybridized carbons (Fsp3) is 0.348. The van der Waals surface area contributed by atoms with Crippen LogP contribution < -0.4 is 15.1 Å². The average Bonchev–Trinajstić information content (AvgIpc) is 3.39. The van der Waals surface area contributed by atoms with Crippen molar-refractivity contribution in [3.05, 3.63) is 53.8 Å². The van der Waals surface area contributed by atoms with E-state index in [1.165, 1.54) is 24.3 Å². The average molecular weight is 407 g/mol. The summed E-state index contributed by atoms with van der Waals surface area (Å²) in [7, 11) is 0. The lowest BCUT2D eigenvalue weighted by molar-refractivity contribution is -0.122. The van der Waals surface area contributed by atoms with E-state index in [9.17, 15) is 18.8 Å². The Labute approximate surface area is 173 Å². The molecular formula is C23H22FN3O3. The van der Waals surface area contributed by atoms with Crippen LogP contribution in [0.25, 0.3) is 0 Å². The minimum Gasteiger partial charge on any atom is -0.326 e. The first-order valence-corrected chi connectivity index (χ1v) is 10.3. The molecule has 7 heteroatoms. The molecule has 1 aliphatic carbocycles. The molecule has 6 nitrogen and oxygen atoms in total. The number of carbonyl (C=O) groups excluding carboxylic acids is 3. The molecular weight excluding hydrogens is 385 g/mol. The van der Waals surface area contributed by atoms with Gasteiger partial charge in [-0.25, -0.2) is 4.39 Å². The number of anilines is 3. The van der Waals surface area contributed by atoms with Gasteiger partial charge < -0.3 is 15.1 Å². The van der Waals surface area contributed by atoms with Crippen molar-refractivity contribution in [1.82, 2.24) is 0 Å². The maximum atomic E-state index is 13.0. The van der Waals surface area contributed by atoms with Crippen LogP contribution in [-0.4, -0.2) is 30.8 Å². The molecule has 1 atom stereocenters. The fourth-order valence-corrected chi connectivity index (χ4v) is 4.25. The fourth-order valence-electron chi connectivity index (χ4n) is 4.25. The summed E-state index contributed by atoms with van der Waals surface area (Å²) >= 11 is 0. The molecule has 2 fully saturated rings. The Hall–Kier alpha value is -3.22. The summed E-state index contributed by atoms with van der Waals surface area (Å²) in [5.74, 6) is -0.807. The Morgan fingerprint density at radius 1 is 1.03 bits per heavy atom. The predicted octanol–water partition coefficient (Wildman–Crippen LogP) is 3.12. The highest BCUT2D eigenvalue weighted by atomic mass is 19.1. The summed E-state index contributed by atoms with van der Waals surface area (Å²) in [4.78, 5) is 41.1. The number of hydrogen-bond donors (Lipinski definition) is 1. The van der Waals surface area contributed by atoms with E-state index in [1.807, 2.05) is 23.1 Å². The lowest BCUT2D eigenvalue weighted by atomic mass is 10.1. The smallest absolute Gasteiger partial charge is 0.230 e. The molecule has 2 heterocycles. The molecule has 3 aliphatic rings. The second-order valence-electron chi connectivity index (χ2n) is 8.23. The number of nitrogens with zero attached hydrogens (tertiary/aromatic N) is 2. The Balaban J connectivity index is 1.28. The van der Waals surface area contributed by atoms with Crippen molar-refractivity contribution >= 4 is 34.8 Å². The molecule has 0 aromatic heterocycles. The molecule has 1 N–H and O–H groups in total. The van der Waals surface area contributed by atoms with Crippen molar-refractivity contribution < 1.29 is 18.8 Å². The summed E-state index contributed by atoms with van der Waals surface area (Å²) in [5, 5.41) is 2.75. The maximum Gasteiger partial charge on any atom is 0.230 e. The van der Waals surface area contributed by atoms with Crippen LogP contribution in [-0.2, 0) is 20.8 Å². The van der Waals surface area contributed by atoms with Gasteiger partial charge in [0.2, 0.25) is 17.7 Å². The van der Waals surface area contributed by atoms with Gasteiger partial charge in [-0.1, -0.05) is 0 Å². The summed E-state index contributed by atoms with van der Waals surface area (Å²) in [6, 6.07) is 11.3. The largest absolute Gasteiger partial charge is 0.326 e. The molecule has 5 rings (SSSR count). The van der Waals surface area contributed by atoms with Gasteiger partial charge in [0.05, 0.1) is 5.92 Å². The van der Waals surface area contributed by atoms with Crippen LogP contribution >= 0.6 is 0 Å². The van der Waals surface area contributed by atoms with E-state index < -0.39 is 5.92 Å². The van der Waals surface area contributed by atoms with Gasteiger partial charge in [-0.3, -0.25) is 14.4 Å². The van der Waals surface area contributed by atoms with E-state index in [1.54, 1.807) is 4.90 Å². The van der Waals surface area contributed by atoms with Crippen LogP contribution in [0.1, 0.15) is 24.8 Å². The molecule has 2 aromatic rings. The van der Waals surface area contributed by atoms with Crippen LogP contribution in [0.5, 0.6) is 0 Å². The van der Waals surface area contributed by atoms with Crippen molar-refractivity contribution in [3.63, 3.8) is 0 Å². The standard InChI is InChI=1S/C23H22FN3O3/c24-17-3-5-18(6-4-17)25-22(29)16-12-21(28)27(13-16)19-7-8-20-15(11-19)9-10-26(20)23(30)14-1-2-14/h3-8,11,14,16H,1-2,9-10,12-13H2,(H,25,29)/t16-/m1/s1. The molecule has 0 unspecified atom stereocenters. The summed E-state index contributed by atoms with van der Waals surface area (Å²) in [5.41, 5.74) is 3.27.